The van der Waals surface area contributed by atoms with Gasteiger partial charge < -0.3 is 10.2 Å². The average Bonchev–Trinajstić information content (AvgIpc) is 2.33. The number of nitrogens with zero attached hydrogens (tertiary/aromatic N) is 1. The van der Waals surface area contributed by atoms with Crippen LogP contribution in [0.4, 0.5) is 22.0 Å². The number of carbonyl (C=O) groups is 2. The highest BCUT2D eigenvalue weighted by molar-refractivity contribution is 5.86. The summed E-state index contributed by atoms with van der Waals surface area (Å²) in [5.41, 5.74) is -1.99. The molecule has 0 aromatic rings. The summed E-state index contributed by atoms with van der Waals surface area (Å²) in [6.45, 7) is -1.60. The van der Waals surface area contributed by atoms with E-state index < -0.39 is 48.8 Å². The van der Waals surface area contributed by atoms with Crippen LogP contribution in [0.2, 0.25) is 0 Å². The molecular weight excluding hydrogens is 287 g/mol. The van der Waals surface area contributed by atoms with Crippen LogP contribution in [0.5, 0.6) is 0 Å². The fourth-order valence-electron chi connectivity index (χ4n) is 2.79. The molecule has 1 N–H and O–H groups in total. The van der Waals surface area contributed by atoms with Crippen molar-refractivity contribution in [3.63, 3.8) is 0 Å². The Hall–Kier alpha value is -1.41. The maximum absolute atomic E-state index is 14.2. The molecule has 1 unspecified atom stereocenters. The lowest BCUT2D eigenvalue weighted by Gasteiger charge is -2.47. The van der Waals surface area contributed by atoms with Crippen molar-refractivity contribution < 1.29 is 31.5 Å². The Kier molecular flexibility index (Phi) is 3.42. The Morgan fingerprint density at radius 2 is 1.90 bits per heavy atom. The van der Waals surface area contributed by atoms with Gasteiger partial charge in [0.15, 0.2) is 0 Å². The standard InChI is InChI=1S/C11H13F5N2O2/c12-10(13)6-18(8(20)11(14,15)16)5-3-9(10)2-1-4-17-7(9)19/h1-6H2,(H,17,19). The predicted molar refractivity (Wildman–Crippen MR) is 56.9 cm³/mol. The number of piperidine rings is 2. The van der Waals surface area contributed by atoms with Gasteiger partial charge in [0, 0.05) is 13.1 Å². The van der Waals surface area contributed by atoms with Crippen LogP contribution in [0.25, 0.3) is 0 Å². The van der Waals surface area contributed by atoms with Crippen molar-refractivity contribution in [3.05, 3.63) is 0 Å². The van der Waals surface area contributed by atoms with Gasteiger partial charge in [-0.15, -0.1) is 0 Å². The normalized spacial score (nSPS) is 30.2. The van der Waals surface area contributed by atoms with Gasteiger partial charge in [-0.05, 0) is 19.3 Å². The van der Waals surface area contributed by atoms with Crippen LogP contribution in [-0.2, 0) is 9.59 Å². The van der Waals surface area contributed by atoms with E-state index in [2.05, 4.69) is 5.32 Å². The van der Waals surface area contributed by atoms with E-state index in [-0.39, 0.29) is 17.9 Å². The number of carbonyl (C=O) groups excluding carboxylic acids is 2. The molecule has 4 nitrogen and oxygen atoms in total. The second-order valence-corrected chi connectivity index (χ2v) is 5.12. The van der Waals surface area contributed by atoms with Crippen LogP contribution in [0, 0.1) is 5.41 Å². The SMILES string of the molecule is O=C(N1CCC2(CCCNC2=O)C(F)(F)C1)C(F)(F)F. The summed E-state index contributed by atoms with van der Waals surface area (Å²) in [5, 5.41) is 2.33. The second kappa shape index (κ2) is 4.56. The summed E-state index contributed by atoms with van der Waals surface area (Å²) >= 11 is 0. The van der Waals surface area contributed by atoms with Crippen LogP contribution < -0.4 is 5.32 Å². The Labute approximate surface area is 111 Å². The minimum atomic E-state index is -5.19. The van der Waals surface area contributed by atoms with E-state index in [4.69, 9.17) is 0 Å². The average molecular weight is 300 g/mol. The lowest BCUT2D eigenvalue weighted by atomic mass is 9.69. The van der Waals surface area contributed by atoms with Crippen molar-refractivity contribution >= 4 is 11.8 Å². The van der Waals surface area contributed by atoms with Gasteiger partial charge in [-0.2, -0.15) is 13.2 Å². The number of alkyl halides is 5. The third-order valence-corrected chi connectivity index (χ3v) is 3.93. The summed E-state index contributed by atoms with van der Waals surface area (Å²) in [6, 6.07) is 0. The first-order valence-corrected chi connectivity index (χ1v) is 6.12. The summed E-state index contributed by atoms with van der Waals surface area (Å²) in [4.78, 5) is 22.8. The summed E-state index contributed by atoms with van der Waals surface area (Å²) in [6.07, 6.45) is -5.39. The van der Waals surface area contributed by atoms with Crippen molar-refractivity contribution in [1.82, 2.24) is 10.2 Å². The van der Waals surface area contributed by atoms with Crippen LogP contribution in [0.15, 0.2) is 0 Å². The van der Waals surface area contributed by atoms with Crippen molar-refractivity contribution in [2.45, 2.75) is 31.4 Å². The Morgan fingerprint density at radius 3 is 2.40 bits per heavy atom. The van der Waals surface area contributed by atoms with Gasteiger partial charge in [0.05, 0.1) is 6.54 Å². The maximum atomic E-state index is 14.2. The van der Waals surface area contributed by atoms with Crippen molar-refractivity contribution in [1.29, 1.82) is 0 Å². The molecule has 2 rings (SSSR count). The van der Waals surface area contributed by atoms with Gasteiger partial charge >= 0.3 is 12.1 Å². The van der Waals surface area contributed by atoms with Gasteiger partial charge in [-0.1, -0.05) is 0 Å². The monoisotopic (exact) mass is 300 g/mol. The number of hydrogen-bond donors (Lipinski definition) is 1. The van der Waals surface area contributed by atoms with E-state index in [1.54, 1.807) is 0 Å². The molecule has 9 heteroatoms. The summed E-state index contributed by atoms with van der Waals surface area (Å²) < 4.78 is 65.2. The summed E-state index contributed by atoms with van der Waals surface area (Å²) in [5.74, 6) is -6.80. The number of likely N-dealkylation sites (tertiary alicyclic amines) is 1. The molecule has 1 spiro atoms. The maximum Gasteiger partial charge on any atom is 0.471 e. The van der Waals surface area contributed by atoms with Crippen molar-refractivity contribution in [2.24, 2.45) is 5.41 Å². The minimum absolute atomic E-state index is 0.0765. The van der Waals surface area contributed by atoms with Gasteiger partial charge in [-0.25, -0.2) is 8.78 Å². The molecule has 0 aromatic heterocycles. The van der Waals surface area contributed by atoms with Crippen LogP contribution in [-0.4, -0.2) is 48.4 Å². The Balaban J connectivity index is 2.21. The minimum Gasteiger partial charge on any atom is -0.355 e. The molecule has 2 fully saturated rings. The second-order valence-electron chi connectivity index (χ2n) is 5.12. The third kappa shape index (κ3) is 2.22. The number of rotatable bonds is 0. The topological polar surface area (TPSA) is 49.4 Å². The zero-order chi connectivity index (χ0) is 15.2. The summed E-state index contributed by atoms with van der Waals surface area (Å²) in [7, 11) is 0. The zero-order valence-corrected chi connectivity index (χ0v) is 10.4. The number of amides is 2. The smallest absolute Gasteiger partial charge is 0.355 e. The molecule has 114 valence electrons. The van der Waals surface area contributed by atoms with Gasteiger partial charge in [-0.3, -0.25) is 9.59 Å². The largest absolute Gasteiger partial charge is 0.471 e. The Bertz CT molecular complexity index is 437. The Morgan fingerprint density at radius 1 is 1.25 bits per heavy atom. The number of nitrogens with one attached hydrogen (secondary N) is 1. The lowest BCUT2D eigenvalue weighted by Crippen LogP contribution is -2.65. The molecule has 0 aliphatic carbocycles. The van der Waals surface area contributed by atoms with Crippen molar-refractivity contribution in [3.8, 4) is 0 Å². The first-order valence-electron chi connectivity index (χ1n) is 6.12. The molecule has 2 amide bonds. The van der Waals surface area contributed by atoms with E-state index >= 15 is 0 Å². The fourth-order valence-corrected chi connectivity index (χ4v) is 2.79. The number of hydrogen-bond acceptors (Lipinski definition) is 2. The van der Waals surface area contributed by atoms with Crippen molar-refractivity contribution in [2.75, 3.05) is 19.6 Å². The zero-order valence-electron chi connectivity index (χ0n) is 10.4. The number of halogens is 5. The van der Waals surface area contributed by atoms with E-state index in [9.17, 15) is 31.5 Å². The lowest BCUT2D eigenvalue weighted by molar-refractivity contribution is -0.211. The first kappa shape index (κ1) is 15.0. The van der Waals surface area contributed by atoms with Crippen LogP contribution in [0.3, 0.4) is 0 Å². The van der Waals surface area contributed by atoms with Gasteiger partial charge in [0.1, 0.15) is 5.41 Å². The first-order chi connectivity index (χ1) is 9.10. The van der Waals surface area contributed by atoms with Gasteiger partial charge in [0.2, 0.25) is 5.91 Å². The molecule has 0 saturated carbocycles. The third-order valence-electron chi connectivity index (χ3n) is 3.93. The predicted octanol–water partition coefficient (Wildman–Crippen LogP) is 1.31. The molecule has 0 aromatic carbocycles. The van der Waals surface area contributed by atoms with E-state index in [0.717, 1.165) is 0 Å². The van der Waals surface area contributed by atoms with Crippen LogP contribution >= 0.6 is 0 Å². The molecule has 1 atom stereocenters. The van der Waals surface area contributed by atoms with E-state index in [1.807, 2.05) is 0 Å². The fraction of sp³-hybridized carbons (Fsp3) is 0.818. The highest BCUT2D eigenvalue weighted by atomic mass is 19.4. The molecule has 2 aliphatic rings. The highest BCUT2D eigenvalue weighted by Gasteiger charge is 2.63. The molecule has 2 heterocycles. The molecule has 2 saturated heterocycles. The van der Waals surface area contributed by atoms with Crippen LogP contribution in [0.1, 0.15) is 19.3 Å². The molecule has 0 bridgehead atoms. The molecule has 0 radical (unpaired) electrons. The molecular formula is C11H13F5N2O2. The quantitative estimate of drug-likeness (QED) is 0.686. The molecule has 2 aliphatic heterocycles. The van der Waals surface area contributed by atoms with E-state index in [0.29, 0.717) is 6.42 Å². The highest BCUT2D eigenvalue weighted by Crippen LogP contribution is 2.49. The molecule has 20 heavy (non-hydrogen) atoms. The van der Waals surface area contributed by atoms with Gasteiger partial charge in [0.25, 0.3) is 5.92 Å². The van der Waals surface area contributed by atoms with E-state index in [1.165, 1.54) is 0 Å².